The van der Waals surface area contributed by atoms with Crippen molar-refractivity contribution in [1.82, 2.24) is 0 Å². The van der Waals surface area contributed by atoms with Crippen LogP contribution in [0.15, 0.2) is 6.07 Å². The van der Waals surface area contributed by atoms with E-state index in [1.807, 2.05) is 13.8 Å². The lowest BCUT2D eigenvalue weighted by atomic mass is 10.1. The molecule has 0 aliphatic rings. The van der Waals surface area contributed by atoms with E-state index in [0.29, 0.717) is 23.6 Å². The highest BCUT2D eigenvalue weighted by Gasteiger charge is 2.20. The number of hydrogen-bond donors (Lipinski definition) is 2. The molecule has 1 rings (SSSR count). The molecule has 1 aromatic rings. The lowest BCUT2D eigenvalue weighted by Gasteiger charge is -2.11. The van der Waals surface area contributed by atoms with Gasteiger partial charge in [-0.2, -0.15) is 0 Å². The van der Waals surface area contributed by atoms with Crippen molar-refractivity contribution in [3.8, 4) is 0 Å². The van der Waals surface area contributed by atoms with E-state index in [4.69, 9.17) is 10.5 Å². The van der Waals surface area contributed by atoms with Crippen molar-refractivity contribution in [3.05, 3.63) is 16.5 Å². The average Bonchev–Trinajstić information content (AvgIpc) is 2.71. The van der Waals surface area contributed by atoms with Crippen molar-refractivity contribution < 1.29 is 14.3 Å². The molecule has 0 aliphatic heterocycles. The summed E-state index contributed by atoms with van der Waals surface area (Å²) >= 11 is 1.34. The number of nitrogens with two attached hydrogens (primary N) is 1. The predicted molar refractivity (Wildman–Crippen MR) is 76.5 cm³/mol. The summed E-state index contributed by atoms with van der Waals surface area (Å²) in [6, 6.07) is 1.16. The lowest BCUT2D eigenvalue weighted by molar-refractivity contribution is -0.117. The summed E-state index contributed by atoms with van der Waals surface area (Å²) in [7, 11) is 0. The predicted octanol–water partition coefficient (Wildman–Crippen LogP) is 2.30. The van der Waals surface area contributed by atoms with Crippen molar-refractivity contribution in [1.29, 1.82) is 0 Å². The highest BCUT2D eigenvalue weighted by atomic mass is 32.1. The molecule has 0 bridgehead atoms. The molecule has 0 aliphatic carbocycles. The van der Waals surface area contributed by atoms with Crippen LogP contribution in [-0.2, 0) is 9.53 Å². The van der Waals surface area contributed by atoms with Gasteiger partial charge in [0.1, 0.15) is 5.00 Å². The zero-order chi connectivity index (χ0) is 14.4. The van der Waals surface area contributed by atoms with Crippen molar-refractivity contribution in [2.24, 2.45) is 5.73 Å². The van der Waals surface area contributed by atoms with E-state index < -0.39 is 12.0 Å². The molecule has 6 heteroatoms. The maximum absolute atomic E-state index is 11.9. The average molecular weight is 284 g/mol. The Morgan fingerprint density at radius 3 is 2.74 bits per heavy atom. The third-order valence-corrected chi connectivity index (χ3v) is 3.49. The van der Waals surface area contributed by atoms with E-state index in [2.05, 4.69) is 5.32 Å². The molecule has 0 unspecified atom stereocenters. The van der Waals surface area contributed by atoms with Gasteiger partial charge in [-0.15, -0.1) is 11.3 Å². The van der Waals surface area contributed by atoms with Gasteiger partial charge in [0, 0.05) is 4.88 Å². The molecular weight excluding hydrogens is 264 g/mol. The quantitative estimate of drug-likeness (QED) is 0.785. The Morgan fingerprint density at radius 1 is 1.47 bits per heavy atom. The minimum atomic E-state index is -0.553. The Labute approximate surface area is 117 Å². The number of amides is 1. The Morgan fingerprint density at radius 2 is 2.16 bits per heavy atom. The highest BCUT2D eigenvalue weighted by Crippen LogP contribution is 2.28. The van der Waals surface area contributed by atoms with Crippen molar-refractivity contribution in [2.75, 3.05) is 11.9 Å². The summed E-state index contributed by atoms with van der Waals surface area (Å²) < 4.78 is 4.96. The van der Waals surface area contributed by atoms with Gasteiger partial charge in [-0.05, 0) is 26.3 Å². The molecule has 3 N–H and O–H groups in total. The number of thiophene rings is 1. The van der Waals surface area contributed by atoms with Gasteiger partial charge < -0.3 is 15.8 Å². The van der Waals surface area contributed by atoms with Crippen molar-refractivity contribution in [2.45, 2.75) is 39.7 Å². The van der Waals surface area contributed by atoms with Gasteiger partial charge in [0.25, 0.3) is 0 Å². The van der Waals surface area contributed by atoms with Gasteiger partial charge in [-0.1, -0.05) is 13.3 Å². The Kier molecular flexibility index (Phi) is 5.98. The van der Waals surface area contributed by atoms with Crippen LogP contribution in [0.5, 0.6) is 0 Å². The summed E-state index contributed by atoms with van der Waals surface area (Å²) in [6.45, 7) is 5.88. The van der Waals surface area contributed by atoms with Crippen LogP contribution in [0.1, 0.15) is 41.9 Å². The molecule has 1 heterocycles. The van der Waals surface area contributed by atoms with E-state index in [9.17, 15) is 9.59 Å². The first-order valence-corrected chi connectivity index (χ1v) is 7.15. The Bertz CT molecular complexity index is 457. The van der Waals surface area contributed by atoms with E-state index >= 15 is 0 Å². The van der Waals surface area contributed by atoms with Crippen molar-refractivity contribution >= 4 is 28.2 Å². The summed E-state index contributed by atoms with van der Waals surface area (Å²) in [4.78, 5) is 24.6. The minimum Gasteiger partial charge on any atom is -0.462 e. The standard InChI is InChI=1S/C13H20N2O3S/c1-4-6-10(14)11(16)15-12-9(7-8(3)19-12)13(17)18-5-2/h7,10H,4-6,14H2,1-3H3,(H,15,16)/t10-/m1/s1. The first-order chi connectivity index (χ1) is 8.99. The molecule has 0 aromatic carbocycles. The summed E-state index contributed by atoms with van der Waals surface area (Å²) in [5.74, 6) is -0.694. The fourth-order valence-electron chi connectivity index (χ4n) is 1.61. The highest BCUT2D eigenvalue weighted by molar-refractivity contribution is 7.16. The summed E-state index contributed by atoms with van der Waals surface area (Å²) in [6.07, 6.45) is 1.45. The fraction of sp³-hybridized carbons (Fsp3) is 0.538. The Balaban J connectivity index is 2.83. The van der Waals surface area contributed by atoms with E-state index in [1.54, 1.807) is 13.0 Å². The number of aryl methyl sites for hydroxylation is 1. The summed E-state index contributed by atoms with van der Waals surface area (Å²) in [5.41, 5.74) is 6.13. The smallest absolute Gasteiger partial charge is 0.341 e. The monoisotopic (exact) mass is 284 g/mol. The fourth-order valence-corrected chi connectivity index (χ4v) is 2.52. The number of hydrogen-bond acceptors (Lipinski definition) is 5. The molecule has 0 radical (unpaired) electrons. The Hall–Kier alpha value is -1.40. The number of esters is 1. The molecule has 0 saturated heterocycles. The van der Waals surface area contributed by atoms with Crippen molar-refractivity contribution in [3.63, 3.8) is 0 Å². The third kappa shape index (κ3) is 4.33. The minimum absolute atomic E-state index is 0.269. The van der Waals surface area contributed by atoms with Gasteiger partial charge in [-0.25, -0.2) is 4.79 Å². The van der Waals surface area contributed by atoms with Crippen LogP contribution < -0.4 is 11.1 Å². The van der Waals surface area contributed by atoms with Gasteiger partial charge in [0.15, 0.2) is 0 Å². The molecule has 19 heavy (non-hydrogen) atoms. The molecule has 1 aromatic heterocycles. The zero-order valence-electron chi connectivity index (χ0n) is 11.5. The maximum Gasteiger partial charge on any atom is 0.341 e. The second kappa shape index (κ2) is 7.25. The molecule has 0 fully saturated rings. The maximum atomic E-state index is 11.9. The van der Waals surface area contributed by atoms with Gasteiger partial charge >= 0.3 is 5.97 Å². The van der Waals surface area contributed by atoms with Crippen LogP contribution in [-0.4, -0.2) is 24.5 Å². The molecular formula is C13H20N2O3S. The van der Waals surface area contributed by atoms with Crippen LogP contribution in [0, 0.1) is 6.92 Å². The van der Waals surface area contributed by atoms with Gasteiger partial charge in [0.05, 0.1) is 18.2 Å². The second-order valence-corrected chi connectivity index (χ2v) is 5.46. The second-order valence-electron chi connectivity index (χ2n) is 4.20. The van der Waals surface area contributed by atoms with Gasteiger partial charge in [-0.3, -0.25) is 4.79 Å². The van der Waals surface area contributed by atoms with Crippen LogP contribution >= 0.6 is 11.3 Å². The molecule has 0 spiro atoms. The van der Waals surface area contributed by atoms with E-state index in [0.717, 1.165) is 11.3 Å². The van der Waals surface area contributed by atoms with Crippen LogP contribution in [0.4, 0.5) is 5.00 Å². The first kappa shape index (κ1) is 15.7. The normalized spacial score (nSPS) is 12.0. The number of rotatable bonds is 6. The van der Waals surface area contributed by atoms with Crippen LogP contribution in [0.3, 0.4) is 0 Å². The van der Waals surface area contributed by atoms with Gasteiger partial charge in [0.2, 0.25) is 5.91 Å². The third-order valence-electron chi connectivity index (χ3n) is 2.52. The molecule has 1 amide bonds. The van der Waals surface area contributed by atoms with Crippen LogP contribution in [0.2, 0.25) is 0 Å². The summed E-state index contributed by atoms with van der Waals surface area (Å²) in [5, 5.41) is 3.22. The first-order valence-electron chi connectivity index (χ1n) is 6.33. The molecule has 1 atom stereocenters. The molecule has 106 valence electrons. The SMILES string of the molecule is CCC[C@@H](N)C(=O)Nc1sc(C)cc1C(=O)OCC. The lowest BCUT2D eigenvalue weighted by Crippen LogP contribution is -2.35. The number of carbonyl (C=O) groups excluding carboxylic acids is 2. The zero-order valence-corrected chi connectivity index (χ0v) is 12.3. The number of nitrogens with one attached hydrogen (secondary N) is 1. The molecule has 5 nitrogen and oxygen atoms in total. The van der Waals surface area contributed by atoms with Crippen LogP contribution in [0.25, 0.3) is 0 Å². The number of ether oxygens (including phenoxy) is 1. The van der Waals surface area contributed by atoms with E-state index in [-0.39, 0.29) is 5.91 Å². The number of carbonyl (C=O) groups is 2. The molecule has 0 saturated carbocycles. The number of anilines is 1. The van der Waals surface area contributed by atoms with E-state index in [1.165, 1.54) is 11.3 Å². The topological polar surface area (TPSA) is 81.4 Å². The largest absolute Gasteiger partial charge is 0.462 e.